The van der Waals surface area contributed by atoms with Crippen molar-refractivity contribution < 1.29 is 9.47 Å². The van der Waals surface area contributed by atoms with Crippen molar-refractivity contribution in [2.45, 2.75) is 83.1 Å². The van der Waals surface area contributed by atoms with E-state index in [9.17, 15) is 0 Å². The van der Waals surface area contributed by atoms with Gasteiger partial charge < -0.3 is 14.8 Å². The Hall–Kier alpha value is -0.120. The monoisotopic (exact) mass is 255 g/mol. The van der Waals surface area contributed by atoms with Crippen LogP contribution in [-0.4, -0.2) is 36.5 Å². The van der Waals surface area contributed by atoms with Gasteiger partial charge in [0, 0.05) is 25.3 Å². The lowest BCUT2D eigenvalue weighted by molar-refractivity contribution is -0.0890. The molecule has 2 fully saturated rings. The molecule has 0 aromatic heterocycles. The van der Waals surface area contributed by atoms with Crippen LogP contribution in [0, 0.1) is 0 Å². The van der Waals surface area contributed by atoms with E-state index in [2.05, 4.69) is 33.0 Å². The van der Waals surface area contributed by atoms with Gasteiger partial charge in [-0.15, -0.1) is 0 Å². The van der Waals surface area contributed by atoms with Gasteiger partial charge in [-0.05, 0) is 52.9 Å². The average molecular weight is 255 g/mol. The van der Waals surface area contributed by atoms with E-state index < -0.39 is 0 Å². The molecule has 2 heterocycles. The zero-order chi connectivity index (χ0) is 13.2. The maximum absolute atomic E-state index is 5.91. The quantitative estimate of drug-likeness (QED) is 0.841. The molecule has 0 aromatic rings. The van der Waals surface area contributed by atoms with Crippen molar-refractivity contribution in [3.8, 4) is 0 Å². The molecule has 1 N–H and O–H groups in total. The van der Waals surface area contributed by atoms with E-state index in [1.165, 1.54) is 0 Å². The van der Waals surface area contributed by atoms with E-state index in [1.54, 1.807) is 0 Å². The van der Waals surface area contributed by atoms with Crippen LogP contribution >= 0.6 is 0 Å². The van der Waals surface area contributed by atoms with Gasteiger partial charge in [0.1, 0.15) is 0 Å². The molecule has 18 heavy (non-hydrogen) atoms. The van der Waals surface area contributed by atoms with Crippen molar-refractivity contribution in [3.05, 3.63) is 0 Å². The fourth-order valence-electron chi connectivity index (χ4n) is 3.23. The largest absolute Gasteiger partial charge is 0.375 e. The Morgan fingerprint density at radius 3 is 2.22 bits per heavy atom. The van der Waals surface area contributed by atoms with Crippen LogP contribution in [0.5, 0.6) is 0 Å². The molecular weight excluding hydrogens is 226 g/mol. The third-order valence-corrected chi connectivity index (χ3v) is 4.51. The Balaban J connectivity index is 1.85. The number of ether oxygens (including phenoxy) is 2. The molecular formula is C15H29NO2. The summed E-state index contributed by atoms with van der Waals surface area (Å²) in [5.41, 5.74) is 0.117. The SMILES string of the molecule is CCC1(C)CC(NC2CCOC(C)(C)C2)CCO1. The fourth-order valence-corrected chi connectivity index (χ4v) is 3.23. The molecule has 2 aliphatic rings. The molecule has 0 saturated carbocycles. The highest BCUT2D eigenvalue weighted by Crippen LogP contribution is 2.30. The molecule has 3 unspecified atom stereocenters. The summed E-state index contributed by atoms with van der Waals surface area (Å²) in [6, 6.07) is 1.22. The molecule has 2 rings (SSSR count). The van der Waals surface area contributed by atoms with E-state index in [1.807, 2.05) is 0 Å². The van der Waals surface area contributed by atoms with Crippen molar-refractivity contribution in [1.82, 2.24) is 5.32 Å². The predicted octanol–water partition coefficient (Wildman–Crippen LogP) is 2.88. The number of hydrogen-bond donors (Lipinski definition) is 1. The minimum atomic E-state index is 0.0368. The first-order valence-electron chi connectivity index (χ1n) is 7.46. The summed E-state index contributed by atoms with van der Waals surface area (Å²) in [7, 11) is 0. The molecule has 0 bridgehead atoms. The van der Waals surface area contributed by atoms with E-state index in [4.69, 9.17) is 9.47 Å². The zero-order valence-corrected chi connectivity index (χ0v) is 12.4. The summed E-state index contributed by atoms with van der Waals surface area (Å²) < 4.78 is 11.7. The third-order valence-electron chi connectivity index (χ3n) is 4.51. The predicted molar refractivity (Wildman–Crippen MR) is 73.9 cm³/mol. The lowest BCUT2D eigenvalue weighted by Crippen LogP contribution is -2.51. The van der Waals surface area contributed by atoms with Crippen molar-refractivity contribution in [1.29, 1.82) is 0 Å². The molecule has 106 valence electrons. The van der Waals surface area contributed by atoms with Crippen LogP contribution in [0.4, 0.5) is 0 Å². The highest BCUT2D eigenvalue weighted by molar-refractivity contribution is 4.90. The van der Waals surface area contributed by atoms with Crippen LogP contribution in [0.2, 0.25) is 0 Å². The molecule has 3 heteroatoms. The lowest BCUT2D eigenvalue weighted by Gasteiger charge is -2.42. The summed E-state index contributed by atoms with van der Waals surface area (Å²) >= 11 is 0. The van der Waals surface area contributed by atoms with E-state index in [0.29, 0.717) is 12.1 Å². The van der Waals surface area contributed by atoms with Gasteiger partial charge in [0.15, 0.2) is 0 Å². The third kappa shape index (κ3) is 3.69. The topological polar surface area (TPSA) is 30.5 Å². The van der Waals surface area contributed by atoms with Crippen LogP contribution in [0.15, 0.2) is 0 Å². The number of rotatable bonds is 3. The van der Waals surface area contributed by atoms with Gasteiger partial charge in [0.25, 0.3) is 0 Å². The number of nitrogens with one attached hydrogen (secondary N) is 1. The average Bonchev–Trinajstić information content (AvgIpc) is 2.28. The lowest BCUT2D eigenvalue weighted by atomic mass is 9.87. The first-order chi connectivity index (χ1) is 8.42. The van der Waals surface area contributed by atoms with Crippen molar-refractivity contribution in [2.75, 3.05) is 13.2 Å². The fraction of sp³-hybridized carbons (Fsp3) is 1.00. The minimum absolute atomic E-state index is 0.0368. The normalized spacial score (nSPS) is 40.7. The van der Waals surface area contributed by atoms with Gasteiger partial charge in [-0.1, -0.05) is 6.92 Å². The van der Waals surface area contributed by atoms with Crippen LogP contribution in [0.3, 0.4) is 0 Å². The molecule has 0 amide bonds. The van der Waals surface area contributed by atoms with Crippen LogP contribution in [-0.2, 0) is 9.47 Å². The molecule has 0 spiro atoms. The molecule has 2 aliphatic heterocycles. The highest BCUT2D eigenvalue weighted by atomic mass is 16.5. The Labute approximate surface area is 112 Å². The van der Waals surface area contributed by atoms with Crippen molar-refractivity contribution >= 4 is 0 Å². The molecule has 0 radical (unpaired) electrons. The van der Waals surface area contributed by atoms with Gasteiger partial charge >= 0.3 is 0 Å². The maximum Gasteiger partial charge on any atom is 0.0666 e. The summed E-state index contributed by atoms with van der Waals surface area (Å²) in [5, 5.41) is 3.84. The van der Waals surface area contributed by atoms with E-state index in [0.717, 1.165) is 45.3 Å². The Morgan fingerprint density at radius 2 is 1.61 bits per heavy atom. The van der Waals surface area contributed by atoms with Crippen molar-refractivity contribution in [2.24, 2.45) is 0 Å². The summed E-state index contributed by atoms with van der Waals surface area (Å²) in [4.78, 5) is 0. The Bertz CT molecular complexity index is 280. The minimum Gasteiger partial charge on any atom is -0.375 e. The van der Waals surface area contributed by atoms with Crippen molar-refractivity contribution in [3.63, 3.8) is 0 Å². The number of hydrogen-bond acceptors (Lipinski definition) is 3. The van der Waals surface area contributed by atoms with E-state index in [-0.39, 0.29) is 11.2 Å². The van der Waals surface area contributed by atoms with E-state index >= 15 is 0 Å². The summed E-state index contributed by atoms with van der Waals surface area (Å²) in [6.45, 7) is 10.6. The molecule has 3 atom stereocenters. The first-order valence-corrected chi connectivity index (χ1v) is 7.46. The molecule has 0 aliphatic carbocycles. The van der Waals surface area contributed by atoms with Gasteiger partial charge in [-0.3, -0.25) is 0 Å². The first kappa shape index (κ1) is 14.3. The second-order valence-electron chi connectivity index (χ2n) is 6.81. The summed E-state index contributed by atoms with van der Waals surface area (Å²) in [6.07, 6.45) is 5.65. The van der Waals surface area contributed by atoms with Crippen LogP contribution in [0.25, 0.3) is 0 Å². The van der Waals surface area contributed by atoms with Gasteiger partial charge in [0.05, 0.1) is 11.2 Å². The molecule has 3 nitrogen and oxygen atoms in total. The highest BCUT2D eigenvalue weighted by Gasteiger charge is 2.35. The smallest absolute Gasteiger partial charge is 0.0666 e. The van der Waals surface area contributed by atoms with Gasteiger partial charge in [-0.25, -0.2) is 0 Å². The standard InChI is InChI=1S/C15H29NO2/c1-5-15(4)11-13(7-9-18-15)16-12-6-8-17-14(2,3)10-12/h12-13,16H,5-11H2,1-4H3. The second-order valence-corrected chi connectivity index (χ2v) is 6.81. The summed E-state index contributed by atoms with van der Waals surface area (Å²) in [5.74, 6) is 0. The van der Waals surface area contributed by atoms with Gasteiger partial charge in [0.2, 0.25) is 0 Å². The zero-order valence-electron chi connectivity index (χ0n) is 12.4. The van der Waals surface area contributed by atoms with Crippen LogP contribution < -0.4 is 5.32 Å². The van der Waals surface area contributed by atoms with Gasteiger partial charge in [-0.2, -0.15) is 0 Å². The van der Waals surface area contributed by atoms with Crippen LogP contribution in [0.1, 0.15) is 59.8 Å². The molecule has 2 saturated heterocycles. The maximum atomic E-state index is 5.91. The Morgan fingerprint density at radius 1 is 1.00 bits per heavy atom. The molecule has 0 aromatic carbocycles. The second kappa shape index (κ2) is 5.48. The Kier molecular flexibility index (Phi) is 4.35.